The molecule has 0 unspecified atom stereocenters. The fraction of sp³-hybridized carbons (Fsp3) is 0.138. The lowest BCUT2D eigenvalue weighted by atomic mass is 10.0. The van der Waals surface area contributed by atoms with Gasteiger partial charge >= 0.3 is 6.03 Å². The zero-order valence-electron chi connectivity index (χ0n) is 20.3. The lowest BCUT2D eigenvalue weighted by molar-refractivity contribution is -0.122. The minimum Gasteiger partial charge on any atom is -0.487 e. The van der Waals surface area contributed by atoms with E-state index >= 15 is 0 Å². The molecule has 1 aliphatic rings. The van der Waals surface area contributed by atoms with E-state index in [1.165, 1.54) is 17.7 Å². The molecule has 3 aromatic rings. The van der Waals surface area contributed by atoms with Gasteiger partial charge in [0.05, 0.1) is 10.2 Å². The first-order chi connectivity index (χ1) is 17.7. The fourth-order valence-corrected chi connectivity index (χ4v) is 4.65. The number of aryl methyl sites for hydroxylation is 2. The molecule has 0 spiro atoms. The minimum atomic E-state index is -0.833. The number of halogens is 2. The van der Waals surface area contributed by atoms with Crippen LogP contribution in [0.3, 0.4) is 0 Å². The molecule has 0 radical (unpaired) electrons. The molecule has 1 saturated heterocycles. The number of urea groups is 1. The average molecular weight is 580 g/mol. The maximum Gasteiger partial charge on any atom is 0.335 e. The smallest absolute Gasteiger partial charge is 0.335 e. The second-order valence-corrected chi connectivity index (χ2v) is 9.91. The molecule has 0 atom stereocenters. The number of carbonyl (C=O) groups is 3. The van der Waals surface area contributed by atoms with Gasteiger partial charge in [-0.1, -0.05) is 53.6 Å². The summed E-state index contributed by atoms with van der Waals surface area (Å²) in [6.07, 6.45) is 3.71. The van der Waals surface area contributed by atoms with Crippen LogP contribution in [0.4, 0.5) is 10.5 Å². The van der Waals surface area contributed by atoms with Gasteiger partial charge in [0, 0.05) is 5.02 Å². The Morgan fingerprint density at radius 1 is 1.05 bits per heavy atom. The highest BCUT2D eigenvalue weighted by atomic mass is 79.9. The Morgan fingerprint density at radius 2 is 1.78 bits per heavy atom. The molecule has 0 aromatic heterocycles. The molecule has 4 amide bonds. The summed E-state index contributed by atoms with van der Waals surface area (Å²) in [6.45, 7) is 8.04. The van der Waals surface area contributed by atoms with Gasteiger partial charge in [0.15, 0.2) is 0 Å². The Bertz CT molecular complexity index is 1450. The highest BCUT2D eigenvalue weighted by molar-refractivity contribution is 9.10. The number of hydrogen-bond donors (Lipinski definition) is 1. The van der Waals surface area contributed by atoms with Crippen LogP contribution in [-0.4, -0.2) is 17.8 Å². The largest absolute Gasteiger partial charge is 0.487 e. The Labute approximate surface area is 228 Å². The van der Waals surface area contributed by atoms with Crippen molar-refractivity contribution >= 4 is 57.1 Å². The van der Waals surface area contributed by atoms with Gasteiger partial charge in [0.2, 0.25) is 0 Å². The van der Waals surface area contributed by atoms with Gasteiger partial charge in [-0.05, 0) is 88.8 Å². The summed E-state index contributed by atoms with van der Waals surface area (Å²) in [4.78, 5) is 39.3. The van der Waals surface area contributed by atoms with Crippen molar-refractivity contribution in [3.8, 4) is 5.75 Å². The third kappa shape index (κ3) is 5.84. The number of imide groups is 2. The number of nitrogens with zero attached hydrogens (tertiary/aromatic N) is 1. The van der Waals surface area contributed by atoms with Crippen LogP contribution in [0.2, 0.25) is 5.02 Å². The molecule has 0 aliphatic carbocycles. The maximum absolute atomic E-state index is 13.3. The van der Waals surface area contributed by atoms with Crippen LogP contribution in [0.1, 0.15) is 27.8 Å². The first kappa shape index (κ1) is 26.4. The quantitative estimate of drug-likeness (QED) is 0.192. The molecule has 3 aromatic carbocycles. The first-order valence-corrected chi connectivity index (χ1v) is 12.6. The van der Waals surface area contributed by atoms with Gasteiger partial charge in [0.1, 0.15) is 17.9 Å². The number of benzene rings is 3. The molecule has 4 rings (SSSR count). The molecule has 1 heterocycles. The molecular weight excluding hydrogens is 556 g/mol. The monoisotopic (exact) mass is 578 g/mol. The summed E-state index contributed by atoms with van der Waals surface area (Å²) < 4.78 is 6.78. The van der Waals surface area contributed by atoms with E-state index in [4.69, 9.17) is 16.3 Å². The van der Waals surface area contributed by atoms with Gasteiger partial charge in [0.25, 0.3) is 11.8 Å². The number of ether oxygens (including phenoxy) is 1. The Balaban J connectivity index is 1.66. The number of anilines is 1. The maximum atomic E-state index is 13.3. The Kier molecular flexibility index (Phi) is 7.95. The highest BCUT2D eigenvalue weighted by Crippen LogP contribution is 2.34. The zero-order valence-corrected chi connectivity index (χ0v) is 22.7. The molecular formula is C29H24BrClN2O4. The third-order valence-electron chi connectivity index (χ3n) is 5.84. The summed E-state index contributed by atoms with van der Waals surface area (Å²) in [5.74, 6) is -0.867. The number of amides is 4. The predicted octanol–water partition coefficient (Wildman–Crippen LogP) is 6.69. The predicted molar refractivity (Wildman–Crippen MR) is 149 cm³/mol. The van der Waals surface area contributed by atoms with Crippen molar-refractivity contribution in [1.82, 2.24) is 5.32 Å². The molecule has 1 aliphatic heterocycles. The van der Waals surface area contributed by atoms with Crippen molar-refractivity contribution in [3.63, 3.8) is 0 Å². The van der Waals surface area contributed by atoms with E-state index in [0.717, 1.165) is 21.6 Å². The van der Waals surface area contributed by atoms with Gasteiger partial charge in [-0.25, -0.2) is 9.69 Å². The highest BCUT2D eigenvalue weighted by Gasteiger charge is 2.37. The molecule has 6 nitrogen and oxygen atoms in total. The second kappa shape index (κ2) is 11.2. The van der Waals surface area contributed by atoms with E-state index in [0.29, 0.717) is 33.8 Å². The summed E-state index contributed by atoms with van der Waals surface area (Å²) in [5.41, 5.74) is 4.49. The average Bonchev–Trinajstić information content (AvgIpc) is 2.84. The molecule has 1 N–H and O–H groups in total. The van der Waals surface area contributed by atoms with Crippen molar-refractivity contribution in [2.24, 2.45) is 0 Å². The topological polar surface area (TPSA) is 75.7 Å². The normalized spacial score (nSPS) is 14.6. The van der Waals surface area contributed by atoms with E-state index in [1.54, 1.807) is 24.3 Å². The van der Waals surface area contributed by atoms with Gasteiger partial charge < -0.3 is 4.74 Å². The van der Waals surface area contributed by atoms with Gasteiger partial charge in [-0.15, -0.1) is 6.58 Å². The zero-order chi connectivity index (χ0) is 26.7. The number of allylic oxidation sites excluding steroid dienone is 1. The summed E-state index contributed by atoms with van der Waals surface area (Å²) in [5, 5.41) is 2.64. The van der Waals surface area contributed by atoms with E-state index in [1.807, 2.05) is 44.2 Å². The lowest BCUT2D eigenvalue weighted by Crippen LogP contribution is -2.54. The summed E-state index contributed by atoms with van der Waals surface area (Å²) in [6, 6.07) is 15.6. The van der Waals surface area contributed by atoms with Crippen molar-refractivity contribution < 1.29 is 19.1 Å². The standard InChI is InChI=1S/C29H24BrClN2O4/c1-4-5-21-12-20(14-24(30)26(21)37-16-19-9-6-17(2)7-10-19)13-23-27(34)32-29(36)33(28(23)35)22-11-8-18(3)25(31)15-22/h4,6-15H,1,5,16H2,2-3H3,(H,32,34,36)/b23-13-. The Morgan fingerprint density at radius 3 is 2.46 bits per heavy atom. The number of carbonyl (C=O) groups excluding carboxylic acids is 3. The van der Waals surface area contributed by atoms with Crippen molar-refractivity contribution in [2.75, 3.05) is 4.90 Å². The van der Waals surface area contributed by atoms with Crippen LogP contribution < -0.4 is 15.0 Å². The number of barbiturate groups is 1. The van der Waals surface area contributed by atoms with Crippen LogP contribution in [0.5, 0.6) is 5.75 Å². The number of rotatable bonds is 7. The molecule has 37 heavy (non-hydrogen) atoms. The Hall–Kier alpha value is -3.68. The minimum absolute atomic E-state index is 0.180. The van der Waals surface area contributed by atoms with Crippen molar-refractivity contribution in [3.05, 3.63) is 110 Å². The second-order valence-electron chi connectivity index (χ2n) is 8.65. The summed E-state index contributed by atoms with van der Waals surface area (Å²) >= 11 is 9.77. The fourth-order valence-electron chi connectivity index (χ4n) is 3.85. The molecule has 0 saturated carbocycles. The molecule has 1 fully saturated rings. The third-order valence-corrected chi connectivity index (χ3v) is 6.83. The van der Waals surface area contributed by atoms with Crippen LogP contribution in [0, 0.1) is 13.8 Å². The SMILES string of the molecule is C=CCc1cc(/C=C2/C(=O)NC(=O)N(c3ccc(C)c(Cl)c3)C2=O)cc(Br)c1OCc1ccc(C)cc1. The van der Waals surface area contributed by atoms with Crippen LogP contribution in [0.15, 0.2) is 77.3 Å². The molecule has 188 valence electrons. The van der Waals surface area contributed by atoms with E-state index < -0.39 is 17.8 Å². The van der Waals surface area contributed by atoms with Crippen molar-refractivity contribution in [2.45, 2.75) is 26.9 Å². The number of nitrogens with one attached hydrogen (secondary N) is 1. The van der Waals surface area contributed by atoms with Crippen LogP contribution in [-0.2, 0) is 22.6 Å². The number of hydrogen-bond acceptors (Lipinski definition) is 4. The summed E-state index contributed by atoms with van der Waals surface area (Å²) in [7, 11) is 0. The first-order valence-electron chi connectivity index (χ1n) is 11.5. The van der Waals surface area contributed by atoms with E-state index in [9.17, 15) is 14.4 Å². The van der Waals surface area contributed by atoms with E-state index in [2.05, 4.69) is 27.8 Å². The molecule has 8 heteroatoms. The van der Waals surface area contributed by atoms with Crippen molar-refractivity contribution in [1.29, 1.82) is 0 Å². The van der Waals surface area contributed by atoms with Crippen LogP contribution in [0.25, 0.3) is 6.08 Å². The van der Waals surface area contributed by atoms with E-state index in [-0.39, 0.29) is 11.3 Å². The molecule has 0 bridgehead atoms. The lowest BCUT2D eigenvalue weighted by Gasteiger charge is -2.26. The van der Waals surface area contributed by atoms with Gasteiger partial charge in [-0.2, -0.15) is 0 Å². The van der Waals surface area contributed by atoms with Crippen LogP contribution >= 0.6 is 27.5 Å². The van der Waals surface area contributed by atoms with Gasteiger partial charge in [-0.3, -0.25) is 14.9 Å².